The lowest BCUT2D eigenvalue weighted by Gasteiger charge is -2.28. The molecule has 0 saturated heterocycles. The first kappa shape index (κ1) is 11.9. The molecule has 0 radical (unpaired) electrons. The van der Waals surface area contributed by atoms with Crippen LogP contribution in [0.1, 0.15) is 37.3 Å². The minimum atomic E-state index is -0.511. The lowest BCUT2D eigenvalue weighted by Crippen LogP contribution is -2.33. The average molecular weight is 253 g/mol. The summed E-state index contributed by atoms with van der Waals surface area (Å²) in [6.07, 6.45) is 3.09. The standard InChI is InChI=1S/C14H17F2NO/c1-8(17)14(4-5-14)12-11(16)7-10(15)9-3-2-6-18-13(9)12/h7-8H,2-6,17H2,1H3. The molecule has 2 aliphatic rings. The fourth-order valence-corrected chi connectivity index (χ4v) is 2.99. The fourth-order valence-electron chi connectivity index (χ4n) is 2.99. The third-order valence-corrected chi connectivity index (χ3v) is 4.26. The summed E-state index contributed by atoms with van der Waals surface area (Å²) in [6, 6.07) is 0.845. The smallest absolute Gasteiger partial charge is 0.133 e. The summed E-state index contributed by atoms with van der Waals surface area (Å²) in [4.78, 5) is 0. The maximum atomic E-state index is 14.2. The Balaban J connectivity index is 2.20. The second-order valence-corrected chi connectivity index (χ2v) is 5.42. The van der Waals surface area contributed by atoms with E-state index in [1.54, 1.807) is 0 Å². The minimum absolute atomic E-state index is 0.146. The lowest BCUT2D eigenvalue weighted by atomic mass is 9.85. The van der Waals surface area contributed by atoms with E-state index in [0.717, 1.165) is 25.3 Å². The maximum Gasteiger partial charge on any atom is 0.133 e. The topological polar surface area (TPSA) is 35.2 Å². The largest absolute Gasteiger partial charge is 0.493 e. The molecule has 4 heteroatoms. The third kappa shape index (κ3) is 1.55. The summed E-state index contributed by atoms with van der Waals surface area (Å²) in [7, 11) is 0. The number of fused-ring (bicyclic) bond motifs is 1. The van der Waals surface area contributed by atoms with Gasteiger partial charge in [-0.15, -0.1) is 0 Å². The molecule has 3 rings (SSSR count). The van der Waals surface area contributed by atoms with Crippen LogP contribution in [0.25, 0.3) is 0 Å². The number of rotatable bonds is 2. The number of hydrogen-bond acceptors (Lipinski definition) is 2. The molecular formula is C14H17F2NO. The molecule has 2 nitrogen and oxygen atoms in total. The number of ether oxygens (including phenoxy) is 1. The van der Waals surface area contributed by atoms with Crippen LogP contribution in [0, 0.1) is 11.6 Å². The van der Waals surface area contributed by atoms with E-state index < -0.39 is 11.6 Å². The van der Waals surface area contributed by atoms with Crippen LogP contribution >= 0.6 is 0 Å². The van der Waals surface area contributed by atoms with Gasteiger partial charge in [0.1, 0.15) is 17.4 Å². The van der Waals surface area contributed by atoms with Crippen molar-refractivity contribution in [2.45, 2.75) is 44.1 Å². The van der Waals surface area contributed by atoms with E-state index in [2.05, 4.69) is 0 Å². The van der Waals surface area contributed by atoms with E-state index in [-0.39, 0.29) is 11.5 Å². The van der Waals surface area contributed by atoms with E-state index in [0.29, 0.717) is 29.9 Å². The zero-order chi connectivity index (χ0) is 12.9. The van der Waals surface area contributed by atoms with Gasteiger partial charge in [-0.2, -0.15) is 0 Å². The van der Waals surface area contributed by atoms with Gasteiger partial charge in [-0.3, -0.25) is 0 Å². The second kappa shape index (κ2) is 3.92. The summed E-state index contributed by atoms with van der Waals surface area (Å²) in [6.45, 7) is 2.41. The monoisotopic (exact) mass is 253 g/mol. The zero-order valence-electron chi connectivity index (χ0n) is 10.4. The van der Waals surface area contributed by atoms with Crippen LogP contribution < -0.4 is 10.5 Å². The van der Waals surface area contributed by atoms with E-state index >= 15 is 0 Å². The van der Waals surface area contributed by atoms with Gasteiger partial charge in [-0.25, -0.2) is 8.78 Å². The highest BCUT2D eigenvalue weighted by molar-refractivity contribution is 5.51. The predicted molar refractivity (Wildman–Crippen MR) is 64.7 cm³/mol. The van der Waals surface area contributed by atoms with Crippen LogP contribution in [0.2, 0.25) is 0 Å². The molecule has 1 aliphatic carbocycles. The molecule has 18 heavy (non-hydrogen) atoms. The molecule has 1 aromatic rings. The van der Waals surface area contributed by atoms with Gasteiger partial charge >= 0.3 is 0 Å². The van der Waals surface area contributed by atoms with Crippen molar-refractivity contribution in [2.75, 3.05) is 6.61 Å². The molecule has 0 bridgehead atoms. The van der Waals surface area contributed by atoms with Crippen LogP contribution in [0.4, 0.5) is 8.78 Å². The van der Waals surface area contributed by atoms with Crippen molar-refractivity contribution in [3.63, 3.8) is 0 Å². The van der Waals surface area contributed by atoms with Gasteiger partial charge < -0.3 is 10.5 Å². The highest BCUT2D eigenvalue weighted by Crippen LogP contribution is 2.55. The second-order valence-electron chi connectivity index (χ2n) is 5.42. The number of nitrogens with two attached hydrogens (primary N) is 1. The fraction of sp³-hybridized carbons (Fsp3) is 0.571. The Hall–Kier alpha value is -1.16. The van der Waals surface area contributed by atoms with Crippen LogP contribution in [-0.4, -0.2) is 12.6 Å². The third-order valence-electron chi connectivity index (χ3n) is 4.26. The van der Waals surface area contributed by atoms with Crippen molar-refractivity contribution in [3.8, 4) is 5.75 Å². The normalized spacial score (nSPS) is 22.0. The van der Waals surface area contributed by atoms with E-state index in [4.69, 9.17) is 10.5 Å². The molecule has 1 heterocycles. The Labute approximate surface area is 105 Å². The Morgan fingerprint density at radius 2 is 2.06 bits per heavy atom. The summed E-state index contributed by atoms with van der Waals surface area (Å²) in [5, 5.41) is 0. The molecule has 1 aromatic carbocycles. The lowest BCUT2D eigenvalue weighted by molar-refractivity contribution is 0.273. The molecule has 1 fully saturated rings. The first-order valence-corrected chi connectivity index (χ1v) is 6.46. The van der Waals surface area contributed by atoms with Crippen LogP contribution in [0.5, 0.6) is 5.75 Å². The SMILES string of the molecule is CC(N)C1(c2c(F)cc(F)c3c2OCCC3)CC1. The maximum absolute atomic E-state index is 14.2. The van der Waals surface area contributed by atoms with Gasteiger partial charge in [0, 0.05) is 28.7 Å². The molecule has 1 saturated carbocycles. The Morgan fingerprint density at radius 3 is 2.67 bits per heavy atom. The Kier molecular flexibility index (Phi) is 2.59. The number of benzene rings is 1. The summed E-state index contributed by atoms with van der Waals surface area (Å²) < 4.78 is 33.5. The Bertz CT molecular complexity index is 495. The highest BCUT2D eigenvalue weighted by atomic mass is 19.1. The summed E-state index contributed by atoms with van der Waals surface area (Å²) in [5.41, 5.74) is 6.67. The van der Waals surface area contributed by atoms with Crippen molar-refractivity contribution in [1.29, 1.82) is 0 Å². The average Bonchev–Trinajstić information content (AvgIpc) is 3.10. The molecule has 0 spiro atoms. The highest BCUT2D eigenvalue weighted by Gasteiger charge is 2.51. The minimum Gasteiger partial charge on any atom is -0.493 e. The molecule has 2 N–H and O–H groups in total. The molecule has 1 aliphatic heterocycles. The molecule has 0 aromatic heterocycles. The number of halogens is 2. The zero-order valence-corrected chi connectivity index (χ0v) is 10.4. The first-order valence-electron chi connectivity index (χ1n) is 6.46. The van der Waals surface area contributed by atoms with E-state index in [9.17, 15) is 8.78 Å². The predicted octanol–water partition coefficient (Wildman–Crippen LogP) is 2.67. The van der Waals surface area contributed by atoms with Gasteiger partial charge in [-0.1, -0.05) is 0 Å². The van der Waals surface area contributed by atoms with Crippen LogP contribution in [0.3, 0.4) is 0 Å². The van der Waals surface area contributed by atoms with Gasteiger partial charge in [0.2, 0.25) is 0 Å². The van der Waals surface area contributed by atoms with Crippen molar-refractivity contribution >= 4 is 0 Å². The summed E-state index contributed by atoms with van der Waals surface area (Å²) >= 11 is 0. The number of hydrogen-bond donors (Lipinski definition) is 1. The van der Waals surface area contributed by atoms with E-state index in [1.807, 2.05) is 6.92 Å². The van der Waals surface area contributed by atoms with Gasteiger partial charge in [0.25, 0.3) is 0 Å². The van der Waals surface area contributed by atoms with Crippen LogP contribution in [-0.2, 0) is 11.8 Å². The molecule has 1 unspecified atom stereocenters. The molecule has 0 amide bonds. The quantitative estimate of drug-likeness (QED) is 0.879. The Morgan fingerprint density at radius 1 is 1.33 bits per heavy atom. The molecular weight excluding hydrogens is 236 g/mol. The molecule has 1 atom stereocenters. The van der Waals surface area contributed by atoms with Crippen molar-refractivity contribution in [1.82, 2.24) is 0 Å². The van der Waals surface area contributed by atoms with Crippen molar-refractivity contribution in [3.05, 3.63) is 28.8 Å². The van der Waals surface area contributed by atoms with Crippen molar-refractivity contribution < 1.29 is 13.5 Å². The van der Waals surface area contributed by atoms with Gasteiger partial charge in [-0.05, 0) is 32.6 Å². The summed E-state index contributed by atoms with van der Waals surface area (Å²) in [5.74, 6) is -0.581. The van der Waals surface area contributed by atoms with Gasteiger partial charge in [0.15, 0.2) is 0 Å². The van der Waals surface area contributed by atoms with Crippen LogP contribution in [0.15, 0.2) is 6.07 Å². The molecule has 98 valence electrons. The first-order chi connectivity index (χ1) is 8.56. The van der Waals surface area contributed by atoms with Crippen molar-refractivity contribution in [2.24, 2.45) is 5.73 Å². The van der Waals surface area contributed by atoms with E-state index in [1.165, 1.54) is 0 Å². The van der Waals surface area contributed by atoms with Gasteiger partial charge in [0.05, 0.1) is 6.61 Å².